The van der Waals surface area contributed by atoms with Crippen LogP contribution >= 0.6 is 0 Å². The maximum absolute atomic E-state index is 12.8. The Bertz CT molecular complexity index is 401. The highest BCUT2D eigenvalue weighted by Crippen LogP contribution is 2.35. The van der Waals surface area contributed by atoms with Crippen LogP contribution in [0.4, 0.5) is 22.0 Å². The molecule has 0 bridgehead atoms. The average Bonchev–Trinajstić information content (AvgIpc) is 2.37. The number of nitrogens with one attached hydrogen (secondary N) is 1. The summed E-state index contributed by atoms with van der Waals surface area (Å²) in [4.78, 5) is 24.2. The Kier molecular flexibility index (Phi) is 5.16. The number of alkyl halides is 5. The number of likely N-dealkylation sites (tertiary alicyclic amines) is 1. The summed E-state index contributed by atoms with van der Waals surface area (Å²) < 4.78 is 61.7. The molecule has 0 unspecified atom stereocenters. The number of hydrogen-bond acceptors (Lipinski definition) is 2. The van der Waals surface area contributed by atoms with E-state index in [2.05, 4.69) is 0 Å². The zero-order valence-electron chi connectivity index (χ0n) is 11.6. The molecule has 4 nitrogen and oxygen atoms in total. The third kappa shape index (κ3) is 4.04. The van der Waals surface area contributed by atoms with E-state index in [4.69, 9.17) is 0 Å². The van der Waals surface area contributed by atoms with Gasteiger partial charge in [-0.25, -0.2) is 0 Å². The van der Waals surface area contributed by atoms with Gasteiger partial charge in [-0.1, -0.05) is 13.8 Å². The molecular formula is C12H17F5N2O2. The third-order valence-electron chi connectivity index (χ3n) is 3.28. The van der Waals surface area contributed by atoms with Crippen molar-refractivity contribution in [3.05, 3.63) is 0 Å². The van der Waals surface area contributed by atoms with E-state index in [1.165, 1.54) is 4.90 Å². The van der Waals surface area contributed by atoms with Crippen LogP contribution in [0, 0.1) is 5.92 Å². The minimum atomic E-state index is -5.91. The van der Waals surface area contributed by atoms with Gasteiger partial charge in [-0.05, 0) is 12.8 Å². The molecule has 0 aromatic carbocycles. The second-order valence-corrected chi connectivity index (χ2v) is 5.30. The second-order valence-electron chi connectivity index (χ2n) is 5.30. The minimum absolute atomic E-state index is 0.111. The Morgan fingerprint density at radius 1 is 1.10 bits per heavy atom. The van der Waals surface area contributed by atoms with Gasteiger partial charge >= 0.3 is 18.0 Å². The summed E-state index contributed by atoms with van der Waals surface area (Å²) in [6.45, 7) is 3.86. The van der Waals surface area contributed by atoms with E-state index in [0.29, 0.717) is 0 Å². The maximum atomic E-state index is 12.8. The van der Waals surface area contributed by atoms with Crippen LogP contribution in [0.3, 0.4) is 0 Å². The number of nitrogens with zero attached hydrogens (tertiary/aromatic N) is 1. The molecular weight excluding hydrogens is 299 g/mol. The number of amides is 2. The van der Waals surface area contributed by atoms with Gasteiger partial charge in [0, 0.05) is 25.0 Å². The van der Waals surface area contributed by atoms with E-state index in [0.717, 1.165) is 0 Å². The van der Waals surface area contributed by atoms with E-state index in [1.807, 2.05) is 0 Å². The minimum Gasteiger partial charge on any atom is -0.348 e. The topological polar surface area (TPSA) is 49.4 Å². The lowest BCUT2D eigenvalue weighted by atomic mass is 10.0. The summed E-state index contributed by atoms with van der Waals surface area (Å²) in [7, 11) is 0. The number of halogens is 5. The second kappa shape index (κ2) is 6.15. The number of rotatable bonds is 3. The Morgan fingerprint density at radius 3 is 1.95 bits per heavy atom. The highest BCUT2D eigenvalue weighted by atomic mass is 19.4. The van der Waals surface area contributed by atoms with Crippen molar-refractivity contribution in [1.29, 1.82) is 0 Å². The molecule has 1 aliphatic rings. The molecule has 0 aromatic rings. The van der Waals surface area contributed by atoms with Crippen LogP contribution in [0.5, 0.6) is 0 Å². The van der Waals surface area contributed by atoms with Crippen LogP contribution in [0.1, 0.15) is 26.7 Å². The number of piperidine rings is 1. The van der Waals surface area contributed by atoms with Gasteiger partial charge in [-0.2, -0.15) is 22.0 Å². The first kappa shape index (κ1) is 17.6. The van der Waals surface area contributed by atoms with Gasteiger partial charge in [0.25, 0.3) is 0 Å². The predicted octanol–water partition coefficient (Wildman–Crippen LogP) is 1.95. The molecule has 0 atom stereocenters. The molecule has 1 heterocycles. The summed E-state index contributed by atoms with van der Waals surface area (Å²) in [5, 5.41) is 1.71. The molecule has 9 heteroatoms. The summed E-state index contributed by atoms with van der Waals surface area (Å²) in [6, 6.07) is -0.790. The molecule has 1 saturated heterocycles. The van der Waals surface area contributed by atoms with Crippen molar-refractivity contribution in [2.45, 2.75) is 44.8 Å². The van der Waals surface area contributed by atoms with Crippen LogP contribution < -0.4 is 5.32 Å². The fraction of sp³-hybridized carbons (Fsp3) is 0.833. The first-order chi connectivity index (χ1) is 9.46. The smallest absolute Gasteiger partial charge is 0.348 e. The Labute approximate surface area is 118 Å². The van der Waals surface area contributed by atoms with E-state index in [9.17, 15) is 31.5 Å². The zero-order chi connectivity index (χ0) is 16.4. The highest BCUT2D eigenvalue weighted by molar-refractivity contribution is 5.84. The van der Waals surface area contributed by atoms with Crippen molar-refractivity contribution in [1.82, 2.24) is 10.2 Å². The first-order valence-corrected chi connectivity index (χ1v) is 6.51. The maximum Gasteiger partial charge on any atom is 0.463 e. The summed E-state index contributed by atoms with van der Waals surface area (Å²) >= 11 is 0. The van der Waals surface area contributed by atoms with Crippen molar-refractivity contribution in [3.8, 4) is 0 Å². The summed E-state index contributed by atoms with van der Waals surface area (Å²) in [5.74, 6) is -8.08. The fourth-order valence-electron chi connectivity index (χ4n) is 2.01. The Hall–Kier alpha value is -1.41. The molecule has 1 rings (SSSR count). The lowest BCUT2D eigenvalue weighted by Crippen LogP contribution is -2.55. The average molecular weight is 316 g/mol. The van der Waals surface area contributed by atoms with Crippen LogP contribution in [0.2, 0.25) is 0 Å². The molecule has 1 fully saturated rings. The van der Waals surface area contributed by atoms with Gasteiger partial charge in [-0.15, -0.1) is 0 Å². The number of carbonyl (C=O) groups excluding carboxylic acids is 2. The molecule has 0 spiro atoms. The van der Waals surface area contributed by atoms with Gasteiger partial charge < -0.3 is 10.2 Å². The number of carbonyl (C=O) groups is 2. The molecule has 0 saturated carbocycles. The molecule has 0 aliphatic carbocycles. The van der Waals surface area contributed by atoms with Gasteiger partial charge in [0.1, 0.15) is 0 Å². The Balaban J connectivity index is 2.54. The van der Waals surface area contributed by atoms with Crippen molar-refractivity contribution >= 4 is 11.8 Å². The Morgan fingerprint density at radius 2 is 1.57 bits per heavy atom. The lowest BCUT2D eigenvalue weighted by Gasteiger charge is -2.34. The van der Waals surface area contributed by atoms with Gasteiger partial charge in [-0.3, -0.25) is 9.59 Å². The number of hydrogen-bond donors (Lipinski definition) is 1. The third-order valence-corrected chi connectivity index (χ3v) is 3.28. The highest BCUT2D eigenvalue weighted by Gasteiger charge is 2.63. The molecule has 2 amide bonds. The van der Waals surface area contributed by atoms with E-state index < -0.39 is 24.0 Å². The fourth-order valence-corrected chi connectivity index (χ4v) is 2.01. The molecule has 0 radical (unpaired) electrons. The van der Waals surface area contributed by atoms with Crippen molar-refractivity contribution < 1.29 is 31.5 Å². The van der Waals surface area contributed by atoms with Crippen LogP contribution in [-0.4, -0.2) is 47.9 Å². The zero-order valence-corrected chi connectivity index (χ0v) is 11.6. The van der Waals surface area contributed by atoms with E-state index in [1.54, 1.807) is 19.2 Å². The predicted molar refractivity (Wildman–Crippen MR) is 63.6 cm³/mol. The standard InChI is InChI=1S/C12H17F5N2O2/c1-7(2)9(20)19-5-3-8(4-6-19)18-10(21)11(13,14)12(15,16)17/h7-8H,3-6H2,1-2H3,(H,18,21). The molecule has 21 heavy (non-hydrogen) atoms. The molecule has 1 aliphatic heterocycles. The molecule has 1 N–H and O–H groups in total. The lowest BCUT2D eigenvalue weighted by molar-refractivity contribution is -0.270. The quantitative estimate of drug-likeness (QED) is 0.809. The molecule has 122 valence electrons. The van der Waals surface area contributed by atoms with Crippen LogP contribution in [-0.2, 0) is 9.59 Å². The van der Waals surface area contributed by atoms with Gasteiger partial charge in [0.05, 0.1) is 0 Å². The van der Waals surface area contributed by atoms with Crippen molar-refractivity contribution in [3.63, 3.8) is 0 Å². The first-order valence-electron chi connectivity index (χ1n) is 6.51. The van der Waals surface area contributed by atoms with Crippen LogP contribution in [0.25, 0.3) is 0 Å². The van der Waals surface area contributed by atoms with Crippen LogP contribution in [0.15, 0.2) is 0 Å². The van der Waals surface area contributed by atoms with Crippen molar-refractivity contribution in [2.24, 2.45) is 5.92 Å². The summed E-state index contributed by atoms with van der Waals surface area (Å²) in [5.41, 5.74) is 0. The van der Waals surface area contributed by atoms with Crippen molar-refractivity contribution in [2.75, 3.05) is 13.1 Å². The van der Waals surface area contributed by atoms with Gasteiger partial charge in [0.2, 0.25) is 5.91 Å². The monoisotopic (exact) mass is 316 g/mol. The molecule has 0 aromatic heterocycles. The SMILES string of the molecule is CC(C)C(=O)N1CCC(NC(=O)C(F)(F)C(F)(F)F)CC1. The van der Waals surface area contributed by atoms with Gasteiger partial charge in [0.15, 0.2) is 0 Å². The van der Waals surface area contributed by atoms with E-state index in [-0.39, 0.29) is 37.8 Å². The summed E-state index contributed by atoms with van der Waals surface area (Å²) in [6.07, 6.45) is -5.61. The largest absolute Gasteiger partial charge is 0.463 e. The van der Waals surface area contributed by atoms with E-state index >= 15 is 0 Å². The normalized spacial score (nSPS) is 18.0.